The van der Waals surface area contributed by atoms with Gasteiger partial charge in [0.15, 0.2) is 31.2 Å². The summed E-state index contributed by atoms with van der Waals surface area (Å²) < 4.78 is 40.2. The Bertz CT molecular complexity index is 1460. The van der Waals surface area contributed by atoms with Crippen molar-refractivity contribution < 1.29 is 37.8 Å². The number of aromatic hydroxyl groups is 1. The molecule has 0 radical (unpaired) electrons. The molecular formula is C35H47F2NO6Si. The maximum Gasteiger partial charge on any atom is 0.192 e. The van der Waals surface area contributed by atoms with E-state index >= 15 is 8.78 Å². The number of phenols is 1. The largest absolute Gasteiger partial charge is 0.508 e. The molecule has 9 atom stereocenters. The summed E-state index contributed by atoms with van der Waals surface area (Å²) in [6.07, 6.45) is 1.04. The molecule has 2 N–H and O–H groups in total. The average Bonchev–Trinajstić information content (AvgIpc) is 3.43. The van der Waals surface area contributed by atoms with Crippen molar-refractivity contribution in [1.82, 2.24) is 5.06 Å². The fraction of sp³-hybridized carbons (Fsp3) is 0.657. The molecule has 3 saturated carbocycles. The number of nitrogens with zero attached hydrogens (tertiary/aromatic N) is 1. The Hall–Kier alpha value is -2.24. The Labute approximate surface area is 265 Å². The highest BCUT2D eigenvalue weighted by Crippen LogP contribution is 2.72. The zero-order valence-corrected chi connectivity index (χ0v) is 28.4. The van der Waals surface area contributed by atoms with Crippen LogP contribution in [0, 0.1) is 28.6 Å². The van der Waals surface area contributed by atoms with Gasteiger partial charge in [0.1, 0.15) is 11.9 Å². The summed E-state index contributed by atoms with van der Waals surface area (Å²) in [4.78, 5) is 33.7. The number of aliphatic hydroxyl groups excluding tert-OH is 1. The van der Waals surface area contributed by atoms with Gasteiger partial charge >= 0.3 is 0 Å². The SMILES string of the molecule is CC(C)(C)[Si](C)(C)OCC(=O)[C@@]12ON(Cc3ccc(O)cc3)C[C@@H]1C[C@H]1[C@@H]3C[C@H](F)C4=CC(=O)C=C[C@]4(C)[C@@]3(F)[C@@H](O)C[C@@]12C. The van der Waals surface area contributed by atoms with Crippen LogP contribution in [0.2, 0.25) is 18.1 Å². The molecule has 1 aromatic carbocycles. The third kappa shape index (κ3) is 4.53. The third-order valence-electron chi connectivity index (χ3n) is 12.8. The minimum absolute atomic E-state index is 0.0539. The Morgan fingerprint density at radius 3 is 2.47 bits per heavy atom. The average molecular weight is 644 g/mol. The number of alkyl halides is 2. The number of rotatable bonds is 6. The van der Waals surface area contributed by atoms with E-state index in [1.54, 1.807) is 36.3 Å². The Kier molecular flexibility index (Phi) is 7.54. The summed E-state index contributed by atoms with van der Waals surface area (Å²) in [5.41, 5.74) is -5.16. The standard InChI is InChI=1S/C35H47F2NO6Si/c1-31(2,3)45(6,7)43-20-30(42)35-22(19-38(44-35)18-21-8-10-23(39)11-9-21)14-25-26-16-28(36)27-15-24(40)12-13-32(27,4)34(26,37)29(41)17-33(25,35)5/h8-13,15,22,25-26,28-29,39,41H,14,16-20H2,1-7H3/t22-,25-,26-,28-,29-,32-,33-,34-,35-/m0/s1. The van der Waals surface area contributed by atoms with Gasteiger partial charge in [-0.25, -0.2) is 8.78 Å². The number of Topliss-reactive ketones (excluding diaryl/α,β-unsaturated/α-hetero) is 1. The number of carbonyl (C=O) groups is 2. The van der Waals surface area contributed by atoms with E-state index in [1.807, 2.05) is 6.92 Å². The molecule has 0 aromatic heterocycles. The Morgan fingerprint density at radius 2 is 1.82 bits per heavy atom. The third-order valence-corrected chi connectivity index (χ3v) is 17.2. The number of benzene rings is 1. The lowest BCUT2D eigenvalue weighted by Crippen LogP contribution is -2.70. The normalized spacial score (nSPS) is 41.2. The van der Waals surface area contributed by atoms with Gasteiger partial charge in [-0.3, -0.25) is 14.4 Å². The first-order valence-electron chi connectivity index (χ1n) is 16.2. The van der Waals surface area contributed by atoms with E-state index in [0.717, 1.165) is 5.56 Å². The summed E-state index contributed by atoms with van der Waals surface area (Å²) in [6.45, 7) is 14.6. The predicted octanol–water partition coefficient (Wildman–Crippen LogP) is 6.01. The molecule has 5 aliphatic rings. The molecule has 7 nitrogen and oxygen atoms in total. The number of fused-ring (bicyclic) bond motifs is 7. The van der Waals surface area contributed by atoms with Crippen LogP contribution < -0.4 is 0 Å². The van der Waals surface area contributed by atoms with E-state index in [0.29, 0.717) is 19.5 Å². The number of hydroxylamine groups is 2. The molecule has 1 aromatic rings. The Balaban J connectivity index is 1.39. The van der Waals surface area contributed by atoms with Crippen molar-refractivity contribution in [3.8, 4) is 5.75 Å². The van der Waals surface area contributed by atoms with Gasteiger partial charge in [-0.2, -0.15) is 5.06 Å². The number of ketones is 2. The molecule has 0 amide bonds. The summed E-state index contributed by atoms with van der Waals surface area (Å²) in [7, 11) is -2.33. The van der Waals surface area contributed by atoms with Crippen LogP contribution in [-0.2, 0) is 25.4 Å². The second-order valence-electron chi connectivity index (χ2n) is 16.1. The van der Waals surface area contributed by atoms with E-state index < -0.39 is 54.5 Å². The van der Waals surface area contributed by atoms with Gasteiger partial charge in [-0.15, -0.1) is 0 Å². The van der Waals surface area contributed by atoms with Gasteiger partial charge in [0.25, 0.3) is 0 Å². The van der Waals surface area contributed by atoms with E-state index in [4.69, 9.17) is 9.26 Å². The first-order chi connectivity index (χ1) is 20.8. The van der Waals surface area contributed by atoms with Crippen LogP contribution in [0.15, 0.2) is 48.1 Å². The molecule has 45 heavy (non-hydrogen) atoms. The van der Waals surface area contributed by atoms with Crippen LogP contribution in [-0.4, -0.2) is 71.9 Å². The number of hydrogen-bond acceptors (Lipinski definition) is 7. The summed E-state index contributed by atoms with van der Waals surface area (Å²) in [5, 5.41) is 23.3. The Morgan fingerprint density at radius 1 is 1.16 bits per heavy atom. The quantitative estimate of drug-likeness (QED) is 0.367. The molecule has 246 valence electrons. The van der Waals surface area contributed by atoms with Crippen molar-refractivity contribution in [3.05, 3.63) is 53.6 Å². The van der Waals surface area contributed by atoms with Gasteiger partial charge in [0.2, 0.25) is 0 Å². The van der Waals surface area contributed by atoms with Crippen molar-refractivity contribution in [2.24, 2.45) is 28.6 Å². The van der Waals surface area contributed by atoms with Crippen LogP contribution in [0.3, 0.4) is 0 Å². The molecule has 0 bridgehead atoms. The van der Waals surface area contributed by atoms with E-state index in [2.05, 4.69) is 33.9 Å². The highest BCUT2D eigenvalue weighted by atomic mass is 28.4. The molecule has 1 saturated heterocycles. The molecule has 0 spiro atoms. The monoisotopic (exact) mass is 643 g/mol. The number of phenolic OH excluding ortho intramolecular Hbond substituents is 1. The number of halogens is 2. The van der Waals surface area contributed by atoms with Crippen LogP contribution in [0.5, 0.6) is 5.75 Å². The summed E-state index contributed by atoms with van der Waals surface area (Å²) in [6, 6.07) is 6.80. The topological polar surface area (TPSA) is 96.3 Å². The first kappa shape index (κ1) is 32.7. The number of aliphatic hydroxyl groups is 1. The smallest absolute Gasteiger partial charge is 0.192 e. The van der Waals surface area contributed by atoms with Crippen molar-refractivity contribution in [1.29, 1.82) is 0 Å². The van der Waals surface area contributed by atoms with Gasteiger partial charge in [0, 0.05) is 35.8 Å². The van der Waals surface area contributed by atoms with Crippen molar-refractivity contribution >= 4 is 19.9 Å². The van der Waals surface area contributed by atoms with Crippen molar-refractivity contribution in [2.45, 2.75) is 102 Å². The summed E-state index contributed by atoms with van der Waals surface area (Å²) >= 11 is 0. The second kappa shape index (κ2) is 10.4. The highest BCUT2D eigenvalue weighted by molar-refractivity contribution is 6.74. The van der Waals surface area contributed by atoms with E-state index in [1.165, 1.54) is 18.2 Å². The van der Waals surface area contributed by atoms with Crippen LogP contribution >= 0.6 is 0 Å². The van der Waals surface area contributed by atoms with E-state index in [-0.39, 0.29) is 53.3 Å². The minimum atomic E-state index is -2.33. The minimum Gasteiger partial charge on any atom is -0.508 e. The van der Waals surface area contributed by atoms with Crippen molar-refractivity contribution in [2.75, 3.05) is 13.2 Å². The molecule has 0 unspecified atom stereocenters. The van der Waals surface area contributed by atoms with Gasteiger partial charge in [0.05, 0.1) is 12.7 Å². The first-order valence-corrected chi connectivity index (χ1v) is 19.1. The van der Waals surface area contributed by atoms with Crippen LogP contribution in [0.4, 0.5) is 8.78 Å². The zero-order chi connectivity index (χ0) is 33.0. The van der Waals surface area contributed by atoms with Gasteiger partial charge in [-0.05, 0) is 85.7 Å². The lowest BCUT2D eigenvalue weighted by atomic mass is 9.44. The summed E-state index contributed by atoms with van der Waals surface area (Å²) in [5.74, 6) is -2.14. The molecule has 4 fully saturated rings. The van der Waals surface area contributed by atoms with Crippen LogP contribution in [0.25, 0.3) is 0 Å². The number of hydrogen-bond donors (Lipinski definition) is 2. The van der Waals surface area contributed by atoms with Crippen molar-refractivity contribution in [3.63, 3.8) is 0 Å². The molecule has 10 heteroatoms. The lowest BCUT2D eigenvalue weighted by Gasteiger charge is -2.63. The number of allylic oxidation sites excluding steroid dienone is 4. The van der Waals surface area contributed by atoms with Gasteiger partial charge in [-0.1, -0.05) is 45.9 Å². The maximum atomic E-state index is 17.8. The fourth-order valence-corrected chi connectivity index (χ4v) is 10.2. The number of carbonyl (C=O) groups excluding carboxylic acids is 2. The maximum absolute atomic E-state index is 17.8. The molecular weight excluding hydrogens is 596 g/mol. The zero-order valence-electron chi connectivity index (χ0n) is 27.4. The molecule has 6 rings (SSSR count). The molecule has 1 heterocycles. The second-order valence-corrected chi connectivity index (χ2v) is 20.9. The predicted molar refractivity (Wildman–Crippen MR) is 168 cm³/mol. The van der Waals surface area contributed by atoms with Crippen LogP contribution in [0.1, 0.15) is 59.4 Å². The lowest BCUT2D eigenvalue weighted by molar-refractivity contribution is -0.269. The molecule has 1 aliphatic heterocycles. The fourth-order valence-electron chi connectivity index (χ4n) is 9.29. The highest BCUT2D eigenvalue weighted by Gasteiger charge is 2.79. The molecule has 4 aliphatic carbocycles. The van der Waals surface area contributed by atoms with Gasteiger partial charge < -0.3 is 14.6 Å². The van der Waals surface area contributed by atoms with E-state index in [9.17, 15) is 19.8 Å².